The molecule has 0 radical (unpaired) electrons. The second-order valence-corrected chi connectivity index (χ2v) is 5.03. The molecule has 2 N–H and O–H groups in total. The molecule has 0 saturated carbocycles. The van der Waals surface area contributed by atoms with E-state index in [0.29, 0.717) is 5.56 Å². The topological polar surface area (TPSA) is 56.0 Å². The van der Waals surface area contributed by atoms with Gasteiger partial charge >= 0.3 is 0 Å². The summed E-state index contributed by atoms with van der Waals surface area (Å²) < 4.78 is 0. The summed E-state index contributed by atoms with van der Waals surface area (Å²) >= 11 is 0. The van der Waals surface area contributed by atoms with Crippen molar-refractivity contribution in [2.24, 2.45) is 0 Å². The van der Waals surface area contributed by atoms with E-state index in [1.54, 1.807) is 12.1 Å². The van der Waals surface area contributed by atoms with Crippen molar-refractivity contribution in [2.45, 2.75) is 26.3 Å². The van der Waals surface area contributed by atoms with Gasteiger partial charge in [0.05, 0.1) is 11.3 Å². The normalized spacial score (nSPS) is 11.7. The highest BCUT2D eigenvalue weighted by atomic mass is 16.3. The smallest absolute Gasteiger partial charge is 0.115 e. The fourth-order valence-electron chi connectivity index (χ4n) is 2.24. The SMILES string of the molecule is Cc1cccc(NC(C)Cc2ccc(O)cc2)c1C#N. The third-order valence-corrected chi connectivity index (χ3v) is 3.26. The van der Waals surface area contributed by atoms with Crippen LogP contribution in [0.25, 0.3) is 0 Å². The Hall–Kier alpha value is -2.47. The highest BCUT2D eigenvalue weighted by Crippen LogP contribution is 2.20. The fraction of sp³-hybridized carbons (Fsp3) is 0.235. The fourth-order valence-corrected chi connectivity index (χ4v) is 2.24. The molecule has 0 fully saturated rings. The van der Waals surface area contributed by atoms with Crippen LogP contribution in [0.5, 0.6) is 5.75 Å². The van der Waals surface area contributed by atoms with E-state index in [1.165, 1.54) is 0 Å². The van der Waals surface area contributed by atoms with Crippen LogP contribution >= 0.6 is 0 Å². The summed E-state index contributed by atoms with van der Waals surface area (Å²) in [7, 11) is 0. The van der Waals surface area contributed by atoms with Crippen LogP contribution in [-0.2, 0) is 6.42 Å². The molecular weight excluding hydrogens is 248 g/mol. The standard InChI is InChI=1S/C17H18N2O/c1-12-4-3-5-17(16(12)11-18)19-13(2)10-14-6-8-15(20)9-7-14/h3-9,13,19-20H,10H2,1-2H3. The average Bonchev–Trinajstić information content (AvgIpc) is 2.42. The molecule has 2 rings (SSSR count). The summed E-state index contributed by atoms with van der Waals surface area (Å²) in [6.45, 7) is 4.02. The predicted octanol–water partition coefficient (Wildman–Crippen LogP) is 3.62. The maximum absolute atomic E-state index is 9.27. The van der Waals surface area contributed by atoms with Crippen molar-refractivity contribution in [1.29, 1.82) is 5.26 Å². The Morgan fingerprint density at radius 3 is 2.55 bits per heavy atom. The molecule has 2 aromatic carbocycles. The number of aryl methyl sites for hydroxylation is 1. The van der Waals surface area contributed by atoms with Crippen molar-refractivity contribution in [3.8, 4) is 11.8 Å². The van der Waals surface area contributed by atoms with Crippen LogP contribution in [0.4, 0.5) is 5.69 Å². The molecule has 0 bridgehead atoms. The zero-order chi connectivity index (χ0) is 14.5. The van der Waals surface area contributed by atoms with E-state index < -0.39 is 0 Å². The predicted molar refractivity (Wildman–Crippen MR) is 80.8 cm³/mol. The second-order valence-electron chi connectivity index (χ2n) is 5.03. The lowest BCUT2D eigenvalue weighted by Gasteiger charge is -2.17. The molecule has 102 valence electrons. The highest BCUT2D eigenvalue weighted by Gasteiger charge is 2.08. The first-order valence-corrected chi connectivity index (χ1v) is 6.64. The number of rotatable bonds is 4. The lowest BCUT2D eigenvalue weighted by atomic mass is 10.0. The van der Waals surface area contributed by atoms with Crippen molar-refractivity contribution < 1.29 is 5.11 Å². The first-order valence-electron chi connectivity index (χ1n) is 6.64. The monoisotopic (exact) mass is 266 g/mol. The van der Waals surface area contributed by atoms with Crippen LogP contribution in [-0.4, -0.2) is 11.1 Å². The molecule has 0 aliphatic heterocycles. The van der Waals surface area contributed by atoms with Gasteiger partial charge in [0.2, 0.25) is 0 Å². The van der Waals surface area contributed by atoms with Gasteiger partial charge < -0.3 is 10.4 Å². The number of nitriles is 1. The minimum Gasteiger partial charge on any atom is -0.508 e. The number of aromatic hydroxyl groups is 1. The van der Waals surface area contributed by atoms with E-state index >= 15 is 0 Å². The van der Waals surface area contributed by atoms with Crippen molar-refractivity contribution in [3.05, 3.63) is 59.2 Å². The van der Waals surface area contributed by atoms with Crippen LogP contribution in [0.1, 0.15) is 23.6 Å². The van der Waals surface area contributed by atoms with Crippen LogP contribution in [0.3, 0.4) is 0 Å². The summed E-state index contributed by atoms with van der Waals surface area (Å²) in [5, 5.41) is 21.9. The molecule has 1 unspecified atom stereocenters. The molecule has 0 heterocycles. The van der Waals surface area contributed by atoms with Crippen LogP contribution in [0.2, 0.25) is 0 Å². The van der Waals surface area contributed by atoms with Gasteiger partial charge in [-0.2, -0.15) is 5.26 Å². The second kappa shape index (κ2) is 6.12. The van der Waals surface area contributed by atoms with E-state index in [4.69, 9.17) is 0 Å². The Bertz CT molecular complexity index is 626. The summed E-state index contributed by atoms with van der Waals surface area (Å²) in [4.78, 5) is 0. The summed E-state index contributed by atoms with van der Waals surface area (Å²) in [5.74, 6) is 0.278. The molecule has 0 aliphatic rings. The molecule has 3 nitrogen and oxygen atoms in total. The average molecular weight is 266 g/mol. The van der Waals surface area contributed by atoms with Gasteiger partial charge in [-0.3, -0.25) is 0 Å². The van der Waals surface area contributed by atoms with Gasteiger partial charge in [-0.15, -0.1) is 0 Å². The first-order chi connectivity index (χ1) is 9.60. The van der Waals surface area contributed by atoms with Crippen molar-refractivity contribution in [2.75, 3.05) is 5.32 Å². The maximum Gasteiger partial charge on any atom is 0.115 e. The van der Waals surface area contributed by atoms with Gasteiger partial charge in [-0.05, 0) is 49.6 Å². The lowest BCUT2D eigenvalue weighted by molar-refractivity contribution is 0.475. The van der Waals surface area contributed by atoms with Gasteiger partial charge in [0.15, 0.2) is 0 Å². The molecule has 1 atom stereocenters. The number of nitrogens with one attached hydrogen (secondary N) is 1. The van der Waals surface area contributed by atoms with Crippen LogP contribution in [0, 0.1) is 18.3 Å². The number of phenolic OH excluding ortho intramolecular Hbond substituents is 1. The Balaban J connectivity index is 2.09. The molecule has 0 amide bonds. The Morgan fingerprint density at radius 2 is 1.90 bits per heavy atom. The number of hydrogen-bond donors (Lipinski definition) is 2. The van der Waals surface area contributed by atoms with E-state index in [0.717, 1.165) is 23.2 Å². The first kappa shape index (κ1) is 14.0. The van der Waals surface area contributed by atoms with Gasteiger partial charge in [0.1, 0.15) is 11.8 Å². The Kier molecular flexibility index (Phi) is 4.27. The van der Waals surface area contributed by atoms with Gasteiger partial charge in [0, 0.05) is 6.04 Å². The largest absolute Gasteiger partial charge is 0.508 e. The minimum absolute atomic E-state index is 0.202. The van der Waals surface area contributed by atoms with Gasteiger partial charge in [0.25, 0.3) is 0 Å². The Labute approximate surface area is 119 Å². The van der Waals surface area contributed by atoms with E-state index in [-0.39, 0.29) is 11.8 Å². The molecular formula is C17H18N2O. The molecule has 0 saturated heterocycles. The molecule has 0 aromatic heterocycles. The number of phenols is 1. The molecule has 20 heavy (non-hydrogen) atoms. The van der Waals surface area contributed by atoms with Crippen molar-refractivity contribution in [1.82, 2.24) is 0 Å². The third kappa shape index (κ3) is 3.30. The summed E-state index contributed by atoms with van der Waals surface area (Å²) in [5.41, 5.74) is 3.70. The number of anilines is 1. The zero-order valence-electron chi connectivity index (χ0n) is 11.7. The van der Waals surface area contributed by atoms with Crippen molar-refractivity contribution in [3.63, 3.8) is 0 Å². The Morgan fingerprint density at radius 1 is 1.20 bits per heavy atom. The van der Waals surface area contributed by atoms with Crippen LogP contribution < -0.4 is 5.32 Å². The van der Waals surface area contributed by atoms with Gasteiger partial charge in [-0.25, -0.2) is 0 Å². The zero-order valence-corrected chi connectivity index (χ0v) is 11.7. The number of nitrogens with zero attached hydrogens (tertiary/aromatic N) is 1. The number of hydrogen-bond acceptors (Lipinski definition) is 3. The van der Waals surface area contributed by atoms with E-state index in [2.05, 4.69) is 18.3 Å². The highest BCUT2D eigenvalue weighted by molar-refractivity contribution is 5.61. The third-order valence-electron chi connectivity index (χ3n) is 3.26. The van der Waals surface area contributed by atoms with Gasteiger partial charge in [-0.1, -0.05) is 24.3 Å². The maximum atomic E-state index is 9.27. The molecule has 2 aromatic rings. The minimum atomic E-state index is 0.202. The summed E-state index contributed by atoms with van der Waals surface area (Å²) in [6.07, 6.45) is 0.832. The van der Waals surface area contributed by atoms with E-state index in [9.17, 15) is 10.4 Å². The summed E-state index contributed by atoms with van der Waals surface area (Å²) in [6, 6.07) is 15.5. The molecule has 0 aliphatic carbocycles. The van der Waals surface area contributed by atoms with E-state index in [1.807, 2.05) is 37.3 Å². The number of benzene rings is 2. The van der Waals surface area contributed by atoms with Crippen molar-refractivity contribution >= 4 is 5.69 Å². The lowest BCUT2D eigenvalue weighted by Crippen LogP contribution is -2.18. The quantitative estimate of drug-likeness (QED) is 0.888. The van der Waals surface area contributed by atoms with Crippen LogP contribution in [0.15, 0.2) is 42.5 Å². The molecule has 0 spiro atoms. The molecule has 3 heteroatoms.